The minimum Gasteiger partial charge on any atom is -0.464 e. The van der Waals surface area contributed by atoms with E-state index >= 15 is 0 Å². The quantitative estimate of drug-likeness (QED) is 0.836. The van der Waals surface area contributed by atoms with Crippen LogP contribution in [0.25, 0.3) is 0 Å². The lowest BCUT2D eigenvalue weighted by Gasteiger charge is -2.23. The van der Waals surface area contributed by atoms with Crippen molar-refractivity contribution >= 4 is 23.4 Å². The van der Waals surface area contributed by atoms with Gasteiger partial charge in [0.1, 0.15) is 5.69 Å². The molecule has 5 heteroatoms. The molecule has 1 aromatic heterocycles. The molecule has 4 nitrogen and oxygen atoms in total. The summed E-state index contributed by atoms with van der Waals surface area (Å²) in [6.07, 6.45) is 3.97. The zero-order valence-electron chi connectivity index (χ0n) is 9.81. The van der Waals surface area contributed by atoms with Crippen LogP contribution in [0.4, 0.5) is 5.69 Å². The van der Waals surface area contributed by atoms with E-state index < -0.39 is 5.97 Å². The van der Waals surface area contributed by atoms with Crippen LogP contribution in [0.5, 0.6) is 0 Å². The van der Waals surface area contributed by atoms with E-state index in [1.54, 1.807) is 12.3 Å². The number of nitrogens with zero attached hydrogens (tertiary/aromatic N) is 1. The predicted molar refractivity (Wildman–Crippen MR) is 69.5 cm³/mol. The fourth-order valence-electron chi connectivity index (χ4n) is 1.81. The number of carbonyl (C=O) groups is 1. The van der Waals surface area contributed by atoms with Crippen molar-refractivity contribution in [2.75, 3.05) is 23.9 Å². The van der Waals surface area contributed by atoms with Gasteiger partial charge in [-0.05, 0) is 36.5 Å². The Bertz CT molecular complexity index is 392. The van der Waals surface area contributed by atoms with Crippen molar-refractivity contribution in [3.8, 4) is 0 Å². The summed E-state index contributed by atoms with van der Waals surface area (Å²) < 4.78 is 4.65. The van der Waals surface area contributed by atoms with Gasteiger partial charge < -0.3 is 10.1 Å². The Kier molecular flexibility index (Phi) is 4.25. The number of hydrogen-bond acceptors (Lipinski definition) is 5. The molecule has 2 heterocycles. The maximum atomic E-state index is 11.3. The maximum Gasteiger partial charge on any atom is 0.356 e. The van der Waals surface area contributed by atoms with E-state index in [-0.39, 0.29) is 0 Å². The first-order valence-electron chi connectivity index (χ1n) is 5.68. The van der Waals surface area contributed by atoms with E-state index in [0.29, 0.717) is 11.7 Å². The van der Waals surface area contributed by atoms with Crippen LogP contribution in [-0.2, 0) is 4.74 Å². The third kappa shape index (κ3) is 3.36. The standard InChI is InChI=1S/C12H16N2O2S/c1-16-12(15)11-8-10(2-5-13-11)14-9-3-6-17-7-4-9/h2,5,8-9H,3-4,6-7H2,1H3,(H,13,14). The molecule has 2 rings (SSSR count). The zero-order valence-corrected chi connectivity index (χ0v) is 10.6. The van der Waals surface area contributed by atoms with Crippen molar-refractivity contribution in [3.63, 3.8) is 0 Å². The molecule has 0 saturated carbocycles. The van der Waals surface area contributed by atoms with Gasteiger partial charge in [-0.3, -0.25) is 0 Å². The van der Waals surface area contributed by atoms with Gasteiger partial charge >= 0.3 is 5.97 Å². The third-order valence-corrected chi connectivity index (χ3v) is 3.80. The van der Waals surface area contributed by atoms with Crippen LogP contribution in [0.15, 0.2) is 18.3 Å². The first-order valence-corrected chi connectivity index (χ1v) is 6.83. The van der Waals surface area contributed by atoms with Crippen molar-refractivity contribution in [3.05, 3.63) is 24.0 Å². The van der Waals surface area contributed by atoms with Gasteiger partial charge in [-0.1, -0.05) is 0 Å². The molecule has 0 radical (unpaired) electrons. The van der Waals surface area contributed by atoms with Crippen molar-refractivity contribution in [2.24, 2.45) is 0 Å². The molecule has 1 N–H and O–H groups in total. The van der Waals surface area contributed by atoms with Crippen LogP contribution in [0.2, 0.25) is 0 Å². The van der Waals surface area contributed by atoms with Gasteiger partial charge in [0.05, 0.1) is 7.11 Å². The highest BCUT2D eigenvalue weighted by molar-refractivity contribution is 7.99. The maximum absolute atomic E-state index is 11.3. The van der Waals surface area contributed by atoms with Gasteiger partial charge in [-0.15, -0.1) is 0 Å². The minimum atomic E-state index is -0.396. The topological polar surface area (TPSA) is 51.2 Å². The summed E-state index contributed by atoms with van der Waals surface area (Å²) in [7, 11) is 1.36. The van der Waals surface area contributed by atoms with Crippen molar-refractivity contribution in [1.82, 2.24) is 4.98 Å². The monoisotopic (exact) mass is 252 g/mol. The number of ether oxygens (including phenoxy) is 1. The molecule has 1 saturated heterocycles. The van der Waals surface area contributed by atoms with E-state index in [0.717, 1.165) is 5.69 Å². The van der Waals surface area contributed by atoms with Crippen molar-refractivity contribution in [1.29, 1.82) is 0 Å². The summed E-state index contributed by atoms with van der Waals surface area (Å²) in [5.74, 6) is 2.01. The molecule has 0 aliphatic carbocycles. The third-order valence-electron chi connectivity index (χ3n) is 2.75. The summed E-state index contributed by atoms with van der Waals surface area (Å²) in [5.41, 5.74) is 1.29. The highest BCUT2D eigenvalue weighted by Gasteiger charge is 2.14. The van der Waals surface area contributed by atoms with Gasteiger partial charge in [0.25, 0.3) is 0 Å². The minimum absolute atomic E-state index is 0.350. The molecular formula is C12H16N2O2S. The molecule has 0 atom stereocenters. The lowest BCUT2D eigenvalue weighted by Crippen LogP contribution is -2.24. The van der Waals surface area contributed by atoms with Crippen LogP contribution in [-0.4, -0.2) is 35.6 Å². The number of pyridine rings is 1. The normalized spacial score (nSPS) is 16.5. The number of carbonyl (C=O) groups excluding carboxylic acids is 1. The molecule has 17 heavy (non-hydrogen) atoms. The Hall–Kier alpha value is -1.23. The van der Waals surface area contributed by atoms with E-state index in [4.69, 9.17) is 0 Å². The second kappa shape index (κ2) is 5.91. The second-order valence-corrected chi connectivity index (χ2v) is 5.18. The summed E-state index contributed by atoms with van der Waals surface area (Å²) >= 11 is 1.99. The number of esters is 1. The molecule has 1 aromatic rings. The lowest BCUT2D eigenvalue weighted by atomic mass is 10.1. The SMILES string of the molecule is COC(=O)c1cc(NC2CCSCC2)ccn1. The van der Waals surface area contributed by atoms with Crippen LogP contribution < -0.4 is 5.32 Å². The number of nitrogens with one attached hydrogen (secondary N) is 1. The Labute approximate surface area is 105 Å². The molecule has 0 aromatic carbocycles. The Morgan fingerprint density at radius 1 is 1.53 bits per heavy atom. The number of anilines is 1. The average molecular weight is 252 g/mol. The largest absolute Gasteiger partial charge is 0.464 e. The molecule has 1 fully saturated rings. The number of methoxy groups -OCH3 is 1. The van der Waals surface area contributed by atoms with Gasteiger partial charge in [0, 0.05) is 17.9 Å². The molecule has 0 bridgehead atoms. The molecule has 0 amide bonds. The van der Waals surface area contributed by atoms with Crippen LogP contribution in [0.1, 0.15) is 23.3 Å². The number of aromatic nitrogens is 1. The fraction of sp³-hybridized carbons (Fsp3) is 0.500. The summed E-state index contributed by atoms with van der Waals surface area (Å²) in [5, 5.41) is 3.44. The average Bonchev–Trinajstić information content (AvgIpc) is 2.39. The van der Waals surface area contributed by atoms with E-state index in [1.807, 2.05) is 17.8 Å². The first-order chi connectivity index (χ1) is 8.29. The van der Waals surface area contributed by atoms with Crippen molar-refractivity contribution in [2.45, 2.75) is 18.9 Å². The van der Waals surface area contributed by atoms with Gasteiger partial charge in [-0.2, -0.15) is 11.8 Å². The molecule has 1 aliphatic heterocycles. The van der Waals surface area contributed by atoms with Gasteiger partial charge in [0.15, 0.2) is 0 Å². The Balaban J connectivity index is 2.02. The smallest absolute Gasteiger partial charge is 0.356 e. The molecule has 1 aliphatic rings. The zero-order chi connectivity index (χ0) is 12.1. The number of hydrogen-bond donors (Lipinski definition) is 1. The molecular weight excluding hydrogens is 236 g/mol. The van der Waals surface area contributed by atoms with E-state index in [1.165, 1.54) is 31.5 Å². The van der Waals surface area contributed by atoms with Crippen LogP contribution in [0.3, 0.4) is 0 Å². The van der Waals surface area contributed by atoms with Crippen LogP contribution in [0, 0.1) is 0 Å². The highest BCUT2D eigenvalue weighted by Crippen LogP contribution is 2.21. The summed E-state index contributed by atoms with van der Waals surface area (Å²) in [4.78, 5) is 15.3. The summed E-state index contributed by atoms with van der Waals surface area (Å²) in [6, 6.07) is 4.13. The number of rotatable bonds is 3. The number of thioether (sulfide) groups is 1. The van der Waals surface area contributed by atoms with Crippen molar-refractivity contribution < 1.29 is 9.53 Å². The molecule has 0 spiro atoms. The lowest BCUT2D eigenvalue weighted by molar-refractivity contribution is 0.0594. The van der Waals surface area contributed by atoms with E-state index in [9.17, 15) is 4.79 Å². The predicted octanol–water partition coefficient (Wildman–Crippen LogP) is 2.18. The first kappa shape index (κ1) is 12.2. The Morgan fingerprint density at radius 3 is 3.00 bits per heavy atom. The van der Waals surface area contributed by atoms with Crippen LogP contribution >= 0.6 is 11.8 Å². The van der Waals surface area contributed by atoms with E-state index in [2.05, 4.69) is 15.0 Å². The molecule has 92 valence electrons. The Morgan fingerprint density at radius 2 is 2.29 bits per heavy atom. The summed E-state index contributed by atoms with van der Waals surface area (Å²) in [6.45, 7) is 0. The fourth-order valence-corrected chi connectivity index (χ4v) is 2.92. The van der Waals surface area contributed by atoms with Gasteiger partial charge in [0.2, 0.25) is 0 Å². The second-order valence-electron chi connectivity index (χ2n) is 3.95. The molecule has 0 unspecified atom stereocenters. The highest BCUT2D eigenvalue weighted by atomic mass is 32.2. The van der Waals surface area contributed by atoms with Gasteiger partial charge in [-0.25, -0.2) is 9.78 Å².